The van der Waals surface area contributed by atoms with Gasteiger partial charge >= 0.3 is 5.97 Å². The molecule has 1 aliphatic heterocycles. The molecule has 0 aromatic carbocycles. The smallest absolute Gasteiger partial charge is 0.306 e. The maximum atomic E-state index is 11.4. The lowest BCUT2D eigenvalue weighted by Gasteiger charge is -2.40. The van der Waals surface area contributed by atoms with Crippen molar-refractivity contribution in [2.75, 3.05) is 6.61 Å². The highest BCUT2D eigenvalue weighted by molar-refractivity contribution is 5.70. The third kappa shape index (κ3) is 1.58. The summed E-state index contributed by atoms with van der Waals surface area (Å²) in [5, 5.41) is 0. The van der Waals surface area contributed by atoms with Crippen molar-refractivity contribution in [1.82, 2.24) is 0 Å². The fraction of sp³-hybridized carbons (Fsp3) is 0.750. The quantitative estimate of drug-likeness (QED) is 0.438. The van der Waals surface area contributed by atoms with Gasteiger partial charge in [-0.15, -0.1) is 0 Å². The van der Waals surface area contributed by atoms with E-state index in [-0.39, 0.29) is 11.4 Å². The van der Waals surface area contributed by atoms with Crippen molar-refractivity contribution in [3.8, 4) is 0 Å². The number of carbonyl (C=O) groups is 1. The second kappa shape index (κ2) is 3.41. The van der Waals surface area contributed by atoms with Crippen LogP contribution in [0.25, 0.3) is 0 Å². The summed E-state index contributed by atoms with van der Waals surface area (Å²) in [6.07, 6.45) is 5.08. The van der Waals surface area contributed by atoms with E-state index in [1.807, 2.05) is 0 Å². The summed E-state index contributed by atoms with van der Waals surface area (Å²) >= 11 is 0. The topological polar surface area (TPSA) is 26.3 Å². The predicted octanol–water partition coefficient (Wildman–Crippen LogP) is 2.69. The third-order valence-corrected chi connectivity index (χ3v) is 3.89. The van der Waals surface area contributed by atoms with Gasteiger partial charge in [0.25, 0.3) is 0 Å². The molecule has 1 aliphatic carbocycles. The van der Waals surface area contributed by atoms with Gasteiger partial charge in [-0.1, -0.05) is 19.1 Å². The molecule has 14 heavy (non-hydrogen) atoms. The van der Waals surface area contributed by atoms with E-state index in [4.69, 9.17) is 4.74 Å². The monoisotopic (exact) mass is 194 g/mol. The van der Waals surface area contributed by atoms with Crippen molar-refractivity contribution in [1.29, 1.82) is 0 Å². The molecule has 1 saturated heterocycles. The molecule has 2 atom stereocenters. The summed E-state index contributed by atoms with van der Waals surface area (Å²) in [5.41, 5.74) is 1.53. The van der Waals surface area contributed by atoms with Crippen LogP contribution in [0.3, 0.4) is 0 Å². The largest absolute Gasteiger partial charge is 0.466 e. The van der Waals surface area contributed by atoms with Gasteiger partial charge in [-0.3, -0.25) is 4.79 Å². The van der Waals surface area contributed by atoms with Crippen molar-refractivity contribution in [2.24, 2.45) is 11.3 Å². The zero-order chi connectivity index (χ0) is 10.2. The zero-order valence-electron chi connectivity index (χ0n) is 8.84. The summed E-state index contributed by atoms with van der Waals surface area (Å²) in [7, 11) is 0. The highest BCUT2D eigenvalue weighted by Crippen LogP contribution is 2.48. The lowest BCUT2D eigenvalue weighted by atomic mass is 9.63. The lowest BCUT2D eigenvalue weighted by molar-refractivity contribution is -0.143. The lowest BCUT2D eigenvalue weighted by Crippen LogP contribution is -2.32. The van der Waals surface area contributed by atoms with E-state index in [0.717, 1.165) is 12.8 Å². The predicted molar refractivity (Wildman–Crippen MR) is 54.8 cm³/mol. The molecule has 0 unspecified atom stereocenters. The minimum absolute atomic E-state index is 0.0400. The van der Waals surface area contributed by atoms with Crippen molar-refractivity contribution in [2.45, 2.75) is 39.0 Å². The molecule has 2 fully saturated rings. The van der Waals surface area contributed by atoms with E-state index in [0.29, 0.717) is 18.9 Å². The Morgan fingerprint density at radius 3 is 3.07 bits per heavy atom. The minimum atomic E-state index is -0.0400. The number of hydrogen-bond acceptors (Lipinski definition) is 2. The summed E-state index contributed by atoms with van der Waals surface area (Å²) in [6.45, 7) is 6.99. The highest BCUT2D eigenvalue weighted by Gasteiger charge is 2.41. The molecule has 0 aromatic heterocycles. The van der Waals surface area contributed by atoms with Crippen LogP contribution < -0.4 is 0 Å². The molecule has 78 valence electrons. The number of esters is 1. The van der Waals surface area contributed by atoms with E-state index in [1.165, 1.54) is 18.4 Å². The van der Waals surface area contributed by atoms with Crippen LogP contribution >= 0.6 is 0 Å². The van der Waals surface area contributed by atoms with Crippen molar-refractivity contribution < 1.29 is 9.53 Å². The molecule has 0 N–H and O–H groups in total. The van der Waals surface area contributed by atoms with Gasteiger partial charge < -0.3 is 4.74 Å². The first kappa shape index (κ1) is 9.75. The molecule has 2 heteroatoms. The average Bonchev–Trinajstić information content (AvgIpc) is 2.25. The minimum Gasteiger partial charge on any atom is -0.466 e. The third-order valence-electron chi connectivity index (χ3n) is 3.89. The Labute approximate surface area is 85.3 Å². The SMILES string of the molecule is C=C1CCC[C@@]2(C)CCOC(=O)C[C@H]12. The number of fused-ring (bicyclic) bond motifs is 1. The average molecular weight is 194 g/mol. The summed E-state index contributed by atoms with van der Waals surface area (Å²) in [4.78, 5) is 11.4. The van der Waals surface area contributed by atoms with Gasteiger partial charge in [0, 0.05) is 0 Å². The van der Waals surface area contributed by atoms with Crippen LogP contribution in [0.2, 0.25) is 0 Å². The molecule has 0 aromatic rings. The first-order valence-electron chi connectivity index (χ1n) is 5.45. The van der Waals surface area contributed by atoms with Crippen LogP contribution in [0.4, 0.5) is 0 Å². The van der Waals surface area contributed by atoms with Gasteiger partial charge in [0.05, 0.1) is 13.0 Å². The Morgan fingerprint density at radius 2 is 2.29 bits per heavy atom. The Hall–Kier alpha value is -0.790. The van der Waals surface area contributed by atoms with Gasteiger partial charge in [-0.25, -0.2) is 0 Å². The molecular weight excluding hydrogens is 176 g/mol. The van der Waals surface area contributed by atoms with Crippen LogP contribution in [0.5, 0.6) is 0 Å². The fourth-order valence-electron chi connectivity index (χ4n) is 2.87. The summed E-state index contributed by atoms with van der Waals surface area (Å²) < 4.78 is 5.13. The van der Waals surface area contributed by atoms with E-state index in [1.54, 1.807) is 0 Å². The van der Waals surface area contributed by atoms with E-state index in [2.05, 4.69) is 13.5 Å². The maximum absolute atomic E-state index is 11.4. The normalized spacial score (nSPS) is 38.5. The van der Waals surface area contributed by atoms with Crippen molar-refractivity contribution >= 4 is 5.97 Å². The fourth-order valence-corrected chi connectivity index (χ4v) is 2.87. The molecule has 0 spiro atoms. The summed E-state index contributed by atoms with van der Waals surface area (Å²) in [6, 6.07) is 0. The van der Waals surface area contributed by atoms with E-state index >= 15 is 0 Å². The van der Waals surface area contributed by atoms with E-state index < -0.39 is 0 Å². The van der Waals surface area contributed by atoms with Crippen LogP contribution in [-0.4, -0.2) is 12.6 Å². The van der Waals surface area contributed by atoms with Crippen molar-refractivity contribution in [3.05, 3.63) is 12.2 Å². The van der Waals surface area contributed by atoms with Gasteiger partial charge in [0.1, 0.15) is 0 Å². The Balaban J connectivity index is 2.24. The first-order valence-corrected chi connectivity index (χ1v) is 5.45. The Morgan fingerprint density at radius 1 is 1.50 bits per heavy atom. The molecular formula is C12H18O2. The second-order valence-corrected chi connectivity index (χ2v) is 4.89. The molecule has 1 heterocycles. The Kier molecular flexibility index (Phi) is 2.38. The first-order chi connectivity index (χ1) is 6.62. The molecule has 2 aliphatic rings. The van der Waals surface area contributed by atoms with Crippen LogP contribution in [0, 0.1) is 11.3 Å². The molecule has 2 rings (SSSR count). The highest BCUT2D eigenvalue weighted by atomic mass is 16.5. The number of carbonyl (C=O) groups excluding carboxylic acids is 1. The molecule has 0 bridgehead atoms. The zero-order valence-corrected chi connectivity index (χ0v) is 8.84. The van der Waals surface area contributed by atoms with Crippen molar-refractivity contribution in [3.63, 3.8) is 0 Å². The molecule has 0 radical (unpaired) electrons. The standard InChI is InChI=1S/C12H18O2/c1-9-4-3-5-12(2)6-7-14-11(13)8-10(9)12/h10H,1,3-8H2,2H3/t10-,12+/m1/s1. The van der Waals surface area contributed by atoms with Gasteiger partial charge in [0.2, 0.25) is 0 Å². The molecule has 2 nitrogen and oxygen atoms in total. The number of rotatable bonds is 0. The number of hydrogen-bond donors (Lipinski definition) is 0. The van der Waals surface area contributed by atoms with Gasteiger partial charge in [-0.05, 0) is 37.0 Å². The van der Waals surface area contributed by atoms with E-state index in [9.17, 15) is 4.79 Å². The maximum Gasteiger partial charge on any atom is 0.306 e. The van der Waals surface area contributed by atoms with Gasteiger partial charge in [-0.2, -0.15) is 0 Å². The number of allylic oxidation sites excluding steroid dienone is 1. The number of cyclic esters (lactones) is 1. The number of ether oxygens (including phenoxy) is 1. The van der Waals surface area contributed by atoms with Crippen LogP contribution in [0.15, 0.2) is 12.2 Å². The van der Waals surface area contributed by atoms with Crippen LogP contribution in [0.1, 0.15) is 39.0 Å². The van der Waals surface area contributed by atoms with Crippen LogP contribution in [-0.2, 0) is 9.53 Å². The van der Waals surface area contributed by atoms with Gasteiger partial charge in [0.15, 0.2) is 0 Å². The molecule has 1 saturated carbocycles. The molecule has 0 amide bonds. The summed E-state index contributed by atoms with van der Waals surface area (Å²) in [5.74, 6) is 0.327. The Bertz CT molecular complexity index is 269. The second-order valence-electron chi connectivity index (χ2n) is 4.89.